The fourth-order valence-electron chi connectivity index (χ4n) is 4.94. The Morgan fingerprint density at radius 3 is 2.47 bits per heavy atom. The Morgan fingerprint density at radius 1 is 1.16 bits per heavy atom. The summed E-state index contributed by atoms with van der Waals surface area (Å²) in [5.74, 6) is 0.358. The number of carboxylic acids is 1. The van der Waals surface area contributed by atoms with E-state index in [-0.39, 0.29) is 5.60 Å². The lowest BCUT2D eigenvalue weighted by Crippen LogP contribution is -2.46. The van der Waals surface area contributed by atoms with E-state index in [2.05, 4.69) is 6.92 Å². The zero-order valence-corrected chi connectivity index (χ0v) is 12.0. The van der Waals surface area contributed by atoms with Crippen LogP contribution in [0.2, 0.25) is 0 Å². The molecule has 1 heterocycles. The molecule has 19 heavy (non-hydrogen) atoms. The molecule has 0 radical (unpaired) electrons. The number of carbonyl (C=O) groups is 1. The molecule has 0 amide bonds. The van der Waals surface area contributed by atoms with Gasteiger partial charge in [0.25, 0.3) is 0 Å². The lowest BCUT2D eigenvalue weighted by Gasteiger charge is -2.44. The number of hydrogen-bond donors (Lipinski definition) is 1. The van der Waals surface area contributed by atoms with Crippen molar-refractivity contribution in [3.63, 3.8) is 0 Å². The summed E-state index contributed by atoms with van der Waals surface area (Å²) >= 11 is 0. The third-order valence-corrected chi connectivity index (χ3v) is 6.01. The highest BCUT2D eigenvalue weighted by Gasteiger charge is 2.53. The Morgan fingerprint density at radius 2 is 1.89 bits per heavy atom. The molecule has 2 saturated carbocycles. The largest absolute Gasteiger partial charge is 0.481 e. The second-order valence-corrected chi connectivity index (χ2v) is 7.24. The molecule has 3 fully saturated rings. The summed E-state index contributed by atoms with van der Waals surface area (Å²) in [4.78, 5) is 11.9. The molecule has 0 aromatic heterocycles. The van der Waals surface area contributed by atoms with E-state index in [1.807, 2.05) is 0 Å². The van der Waals surface area contributed by atoms with E-state index in [0.29, 0.717) is 11.8 Å². The van der Waals surface area contributed by atoms with Gasteiger partial charge in [-0.3, -0.25) is 4.79 Å². The highest BCUT2D eigenvalue weighted by molar-refractivity contribution is 5.75. The molecule has 3 rings (SSSR count). The standard InChI is InChI=1S/C16H26O3/c1-12-4-8-16(10-12,14(17)18)13-5-9-19-15(11-13)6-2-3-7-15/h12-13H,2-11H2,1H3,(H,17,18). The highest BCUT2D eigenvalue weighted by atomic mass is 16.5. The topological polar surface area (TPSA) is 46.5 Å². The Bertz CT molecular complexity index is 359. The molecule has 1 saturated heterocycles. The van der Waals surface area contributed by atoms with Crippen LogP contribution in [0.25, 0.3) is 0 Å². The van der Waals surface area contributed by atoms with Gasteiger partial charge in [-0.15, -0.1) is 0 Å². The van der Waals surface area contributed by atoms with Crippen molar-refractivity contribution >= 4 is 5.97 Å². The van der Waals surface area contributed by atoms with Crippen molar-refractivity contribution in [3.8, 4) is 0 Å². The van der Waals surface area contributed by atoms with Crippen LogP contribution in [0.15, 0.2) is 0 Å². The van der Waals surface area contributed by atoms with Crippen LogP contribution in [0.1, 0.15) is 64.7 Å². The van der Waals surface area contributed by atoms with Gasteiger partial charge in [-0.2, -0.15) is 0 Å². The van der Waals surface area contributed by atoms with Gasteiger partial charge in [0.1, 0.15) is 0 Å². The van der Waals surface area contributed by atoms with Crippen molar-refractivity contribution in [2.45, 2.75) is 70.3 Å². The van der Waals surface area contributed by atoms with Crippen molar-refractivity contribution < 1.29 is 14.6 Å². The second-order valence-electron chi connectivity index (χ2n) is 7.24. The maximum absolute atomic E-state index is 11.9. The van der Waals surface area contributed by atoms with Gasteiger partial charge < -0.3 is 9.84 Å². The molecule has 3 nitrogen and oxygen atoms in total. The average Bonchev–Trinajstić information content (AvgIpc) is 2.98. The van der Waals surface area contributed by atoms with E-state index in [4.69, 9.17) is 4.74 Å². The van der Waals surface area contributed by atoms with E-state index >= 15 is 0 Å². The normalized spacial score (nSPS) is 41.7. The van der Waals surface area contributed by atoms with Crippen molar-refractivity contribution in [2.24, 2.45) is 17.3 Å². The predicted octanol–water partition coefficient (Wildman–Crippen LogP) is 3.62. The number of hydrogen-bond acceptors (Lipinski definition) is 2. The van der Waals surface area contributed by atoms with Crippen LogP contribution in [0.4, 0.5) is 0 Å². The summed E-state index contributed by atoms with van der Waals surface area (Å²) < 4.78 is 6.07. The summed E-state index contributed by atoms with van der Waals surface area (Å²) in [5, 5.41) is 9.82. The molecule has 3 aliphatic rings. The Balaban J connectivity index is 1.81. The molecular weight excluding hydrogens is 240 g/mol. The summed E-state index contributed by atoms with van der Waals surface area (Å²) in [6, 6.07) is 0. The van der Waals surface area contributed by atoms with E-state index in [1.165, 1.54) is 12.8 Å². The number of carboxylic acid groups (broad SMARTS) is 1. The van der Waals surface area contributed by atoms with E-state index in [1.54, 1.807) is 0 Å². The van der Waals surface area contributed by atoms with Gasteiger partial charge in [0.15, 0.2) is 0 Å². The van der Waals surface area contributed by atoms with Gasteiger partial charge in [-0.05, 0) is 56.8 Å². The predicted molar refractivity (Wildman–Crippen MR) is 73.0 cm³/mol. The van der Waals surface area contributed by atoms with E-state index < -0.39 is 11.4 Å². The lowest BCUT2D eigenvalue weighted by atomic mass is 9.66. The lowest BCUT2D eigenvalue weighted by molar-refractivity contribution is -0.163. The van der Waals surface area contributed by atoms with Crippen LogP contribution < -0.4 is 0 Å². The minimum atomic E-state index is -0.545. The van der Waals surface area contributed by atoms with E-state index in [0.717, 1.165) is 51.6 Å². The molecule has 3 unspecified atom stereocenters. The average molecular weight is 266 g/mol. The van der Waals surface area contributed by atoms with Crippen LogP contribution in [-0.4, -0.2) is 23.3 Å². The monoisotopic (exact) mass is 266 g/mol. The quantitative estimate of drug-likeness (QED) is 0.830. The van der Waals surface area contributed by atoms with Crippen molar-refractivity contribution in [1.29, 1.82) is 0 Å². The molecule has 1 aliphatic heterocycles. The zero-order chi connectivity index (χ0) is 13.5. The third kappa shape index (κ3) is 2.20. The van der Waals surface area contributed by atoms with Crippen molar-refractivity contribution in [3.05, 3.63) is 0 Å². The van der Waals surface area contributed by atoms with Crippen LogP contribution in [0.3, 0.4) is 0 Å². The van der Waals surface area contributed by atoms with Crippen LogP contribution in [-0.2, 0) is 9.53 Å². The van der Waals surface area contributed by atoms with Gasteiger partial charge in [-0.25, -0.2) is 0 Å². The summed E-state index contributed by atoms with van der Waals surface area (Å²) in [6.07, 6.45) is 9.58. The zero-order valence-electron chi connectivity index (χ0n) is 12.0. The molecule has 0 aromatic carbocycles. The van der Waals surface area contributed by atoms with Crippen LogP contribution in [0, 0.1) is 17.3 Å². The summed E-state index contributed by atoms with van der Waals surface area (Å²) in [7, 11) is 0. The van der Waals surface area contributed by atoms with Crippen molar-refractivity contribution in [1.82, 2.24) is 0 Å². The molecule has 1 N–H and O–H groups in total. The number of rotatable bonds is 2. The molecular formula is C16H26O3. The third-order valence-electron chi connectivity index (χ3n) is 6.01. The molecule has 3 atom stereocenters. The first kappa shape index (κ1) is 13.4. The first-order chi connectivity index (χ1) is 9.06. The van der Waals surface area contributed by atoms with Gasteiger partial charge in [0.2, 0.25) is 0 Å². The first-order valence-corrected chi connectivity index (χ1v) is 7.94. The van der Waals surface area contributed by atoms with Gasteiger partial charge >= 0.3 is 5.97 Å². The van der Waals surface area contributed by atoms with Crippen LogP contribution >= 0.6 is 0 Å². The molecule has 0 aromatic rings. The smallest absolute Gasteiger partial charge is 0.309 e. The molecule has 2 aliphatic carbocycles. The minimum Gasteiger partial charge on any atom is -0.481 e. The Kier molecular flexibility index (Phi) is 3.36. The molecule has 1 spiro atoms. The Labute approximate surface area is 115 Å². The van der Waals surface area contributed by atoms with Gasteiger partial charge in [0.05, 0.1) is 11.0 Å². The molecule has 108 valence electrons. The fraction of sp³-hybridized carbons (Fsp3) is 0.938. The minimum absolute atomic E-state index is 0.0389. The highest BCUT2D eigenvalue weighted by Crippen LogP contribution is 2.54. The summed E-state index contributed by atoms with van der Waals surface area (Å²) in [5.41, 5.74) is -0.407. The van der Waals surface area contributed by atoms with E-state index in [9.17, 15) is 9.90 Å². The molecule has 0 bridgehead atoms. The fourth-order valence-corrected chi connectivity index (χ4v) is 4.94. The summed E-state index contributed by atoms with van der Waals surface area (Å²) in [6.45, 7) is 2.98. The Hall–Kier alpha value is -0.570. The SMILES string of the molecule is CC1CCC(C(=O)O)(C2CCOC3(CCCC3)C2)C1. The van der Waals surface area contributed by atoms with Gasteiger partial charge in [0, 0.05) is 6.61 Å². The second kappa shape index (κ2) is 4.76. The number of ether oxygens (including phenoxy) is 1. The van der Waals surface area contributed by atoms with Crippen molar-refractivity contribution in [2.75, 3.05) is 6.61 Å². The maximum atomic E-state index is 11.9. The van der Waals surface area contributed by atoms with Crippen LogP contribution in [0.5, 0.6) is 0 Å². The first-order valence-electron chi connectivity index (χ1n) is 7.94. The maximum Gasteiger partial charge on any atom is 0.309 e. The molecule has 3 heteroatoms. The number of aliphatic carboxylic acids is 1. The van der Waals surface area contributed by atoms with Gasteiger partial charge in [-0.1, -0.05) is 19.8 Å².